The Bertz CT molecular complexity index is 339. The van der Waals surface area contributed by atoms with Crippen molar-refractivity contribution in [2.24, 2.45) is 0 Å². The fourth-order valence-electron chi connectivity index (χ4n) is 2.17. The third kappa shape index (κ3) is 4.26. The Balaban J connectivity index is 2.85. The second-order valence-corrected chi connectivity index (χ2v) is 6.05. The first kappa shape index (κ1) is 16.1. The van der Waals surface area contributed by atoms with Gasteiger partial charge in [-0.1, -0.05) is 0 Å². The first-order chi connectivity index (χ1) is 8.45. The van der Waals surface area contributed by atoms with Gasteiger partial charge in [-0.2, -0.15) is 13.2 Å². The summed E-state index contributed by atoms with van der Waals surface area (Å²) < 4.78 is 44.7. The number of likely N-dealkylation sites (tertiary alicyclic amines) is 1. The molecule has 1 fully saturated rings. The number of rotatable bonds is 1. The molecule has 0 bridgehead atoms. The molecule has 1 aliphatic rings. The van der Waals surface area contributed by atoms with E-state index in [2.05, 4.69) is 0 Å². The van der Waals surface area contributed by atoms with E-state index >= 15 is 0 Å². The van der Waals surface area contributed by atoms with Gasteiger partial charge < -0.3 is 15.0 Å². The highest BCUT2D eigenvalue weighted by molar-refractivity contribution is 5.69. The SMILES string of the molecule is CN1CCCC(NC(=O)OC(C)(C)C)(C(F)(F)F)C1. The summed E-state index contributed by atoms with van der Waals surface area (Å²) in [5.74, 6) is 0. The van der Waals surface area contributed by atoms with Crippen LogP contribution in [0, 0.1) is 0 Å². The molecule has 0 aromatic rings. The summed E-state index contributed by atoms with van der Waals surface area (Å²) in [4.78, 5) is 13.2. The molecule has 1 atom stereocenters. The number of ether oxygens (including phenoxy) is 1. The highest BCUT2D eigenvalue weighted by Crippen LogP contribution is 2.37. The highest BCUT2D eigenvalue weighted by atomic mass is 19.4. The molecule has 112 valence electrons. The second kappa shape index (κ2) is 5.19. The molecular formula is C12H21F3N2O2. The summed E-state index contributed by atoms with van der Waals surface area (Å²) >= 11 is 0. The molecule has 0 spiro atoms. The van der Waals surface area contributed by atoms with E-state index in [1.165, 1.54) is 0 Å². The molecule has 1 aliphatic heterocycles. The summed E-state index contributed by atoms with van der Waals surface area (Å²) in [7, 11) is 1.61. The molecule has 1 amide bonds. The van der Waals surface area contributed by atoms with Crippen molar-refractivity contribution in [3.63, 3.8) is 0 Å². The van der Waals surface area contributed by atoms with Gasteiger partial charge in [0, 0.05) is 6.54 Å². The van der Waals surface area contributed by atoms with E-state index in [9.17, 15) is 18.0 Å². The number of hydrogen-bond acceptors (Lipinski definition) is 3. The first-order valence-corrected chi connectivity index (χ1v) is 6.22. The molecule has 0 aromatic heterocycles. The third-order valence-electron chi connectivity index (χ3n) is 2.97. The normalized spacial score (nSPS) is 26.1. The van der Waals surface area contributed by atoms with Crippen LogP contribution in [-0.4, -0.2) is 48.4 Å². The minimum absolute atomic E-state index is 0.125. The summed E-state index contributed by atoms with van der Waals surface area (Å²) in [5, 5.41) is 2.03. The van der Waals surface area contributed by atoms with Crippen LogP contribution >= 0.6 is 0 Å². The van der Waals surface area contributed by atoms with Crippen molar-refractivity contribution >= 4 is 6.09 Å². The average molecular weight is 282 g/mol. The van der Waals surface area contributed by atoms with Crippen molar-refractivity contribution in [3.8, 4) is 0 Å². The standard InChI is InChI=1S/C12H21F3N2O2/c1-10(2,3)19-9(18)16-11(12(13,14)15)6-5-7-17(4)8-11/h5-8H2,1-4H3,(H,16,18). The Morgan fingerprint density at radius 1 is 1.32 bits per heavy atom. The lowest BCUT2D eigenvalue weighted by Gasteiger charge is -2.43. The topological polar surface area (TPSA) is 41.6 Å². The maximum absolute atomic E-state index is 13.3. The van der Waals surface area contributed by atoms with E-state index in [1.807, 2.05) is 5.32 Å². The van der Waals surface area contributed by atoms with E-state index < -0.39 is 23.4 Å². The van der Waals surface area contributed by atoms with Gasteiger partial charge in [0.25, 0.3) is 0 Å². The number of hydrogen-bond donors (Lipinski definition) is 1. The molecule has 7 heteroatoms. The smallest absolute Gasteiger partial charge is 0.412 e. The van der Waals surface area contributed by atoms with Crippen LogP contribution in [0.4, 0.5) is 18.0 Å². The van der Waals surface area contributed by atoms with Gasteiger partial charge in [0.2, 0.25) is 0 Å². The van der Waals surface area contributed by atoms with Gasteiger partial charge in [-0.05, 0) is 47.2 Å². The molecule has 1 saturated heterocycles. The average Bonchev–Trinajstić information content (AvgIpc) is 2.11. The fraction of sp³-hybridized carbons (Fsp3) is 0.917. The van der Waals surface area contributed by atoms with E-state index in [4.69, 9.17) is 4.74 Å². The lowest BCUT2D eigenvalue weighted by Crippen LogP contribution is -2.66. The molecule has 0 aliphatic carbocycles. The largest absolute Gasteiger partial charge is 0.444 e. The van der Waals surface area contributed by atoms with Crippen molar-refractivity contribution in [1.29, 1.82) is 0 Å². The molecule has 1 heterocycles. The molecule has 0 saturated carbocycles. The van der Waals surface area contributed by atoms with Crippen molar-refractivity contribution in [3.05, 3.63) is 0 Å². The van der Waals surface area contributed by atoms with Gasteiger partial charge >= 0.3 is 12.3 Å². The maximum atomic E-state index is 13.3. The van der Waals surface area contributed by atoms with Crippen LogP contribution in [0.15, 0.2) is 0 Å². The summed E-state index contributed by atoms with van der Waals surface area (Å²) in [6, 6.07) is 0. The number of likely N-dealkylation sites (N-methyl/N-ethyl adjacent to an activating group) is 1. The molecule has 1 rings (SSSR count). The van der Waals surface area contributed by atoms with Crippen LogP contribution in [-0.2, 0) is 4.74 Å². The zero-order chi connectivity index (χ0) is 14.9. The van der Waals surface area contributed by atoms with Gasteiger partial charge in [0.15, 0.2) is 5.54 Å². The Labute approximate surface area is 111 Å². The Morgan fingerprint density at radius 3 is 2.32 bits per heavy atom. The van der Waals surface area contributed by atoms with Crippen molar-refractivity contribution in [2.75, 3.05) is 20.1 Å². The number of carbonyl (C=O) groups excluding carboxylic acids is 1. The number of amides is 1. The summed E-state index contributed by atoms with van der Waals surface area (Å²) in [6.07, 6.45) is -5.27. The predicted molar refractivity (Wildman–Crippen MR) is 64.9 cm³/mol. The lowest BCUT2D eigenvalue weighted by atomic mass is 9.88. The molecule has 19 heavy (non-hydrogen) atoms. The number of carbonyl (C=O) groups is 1. The van der Waals surface area contributed by atoms with Crippen LogP contribution in [0.5, 0.6) is 0 Å². The zero-order valence-corrected chi connectivity index (χ0v) is 11.7. The quantitative estimate of drug-likeness (QED) is 0.803. The molecule has 4 nitrogen and oxygen atoms in total. The second-order valence-electron chi connectivity index (χ2n) is 6.05. The van der Waals surface area contributed by atoms with Crippen LogP contribution in [0.2, 0.25) is 0 Å². The Kier molecular flexibility index (Phi) is 4.39. The number of alkyl halides is 3. The van der Waals surface area contributed by atoms with E-state index in [0.717, 1.165) is 0 Å². The molecule has 1 N–H and O–H groups in total. The molecule has 0 radical (unpaired) electrons. The third-order valence-corrected chi connectivity index (χ3v) is 2.97. The highest BCUT2D eigenvalue weighted by Gasteiger charge is 2.57. The van der Waals surface area contributed by atoms with Gasteiger partial charge in [0.05, 0.1) is 0 Å². The predicted octanol–water partition coefficient (Wildman–Crippen LogP) is 2.54. The Morgan fingerprint density at radius 2 is 1.89 bits per heavy atom. The maximum Gasteiger partial charge on any atom is 0.412 e. The number of nitrogens with zero attached hydrogens (tertiary/aromatic N) is 1. The van der Waals surface area contributed by atoms with Crippen molar-refractivity contribution in [2.45, 2.75) is 50.9 Å². The zero-order valence-electron chi connectivity index (χ0n) is 11.7. The van der Waals surface area contributed by atoms with E-state index in [-0.39, 0.29) is 13.0 Å². The Hall–Kier alpha value is -0.980. The monoisotopic (exact) mass is 282 g/mol. The van der Waals surface area contributed by atoms with Gasteiger partial charge in [0.1, 0.15) is 5.60 Å². The minimum Gasteiger partial charge on any atom is -0.444 e. The van der Waals surface area contributed by atoms with Crippen molar-refractivity contribution < 1.29 is 22.7 Å². The lowest BCUT2D eigenvalue weighted by molar-refractivity contribution is -0.207. The fourth-order valence-corrected chi connectivity index (χ4v) is 2.17. The molecule has 0 aromatic carbocycles. The van der Waals surface area contributed by atoms with Crippen LogP contribution < -0.4 is 5.32 Å². The summed E-state index contributed by atoms with van der Waals surface area (Å²) in [5.41, 5.74) is -3.04. The van der Waals surface area contributed by atoms with E-state index in [1.54, 1.807) is 32.7 Å². The van der Waals surface area contributed by atoms with Gasteiger partial charge in [-0.3, -0.25) is 0 Å². The molecular weight excluding hydrogens is 261 g/mol. The number of alkyl carbamates (subject to hydrolysis) is 1. The minimum atomic E-state index is -4.50. The van der Waals surface area contributed by atoms with Gasteiger partial charge in [-0.15, -0.1) is 0 Å². The van der Waals surface area contributed by atoms with Gasteiger partial charge in [-0.25, -0.2) is 4.79 Å². The number of piperidine rings is 1. The van der Waals surface area contributed by atoms with Crippen LogP contribution in [0.3, 0.4) is 0 Å². The summed E-state index contributed by atoms with van der Waals surface area (Å²) in [6.45, 7) is 5.17. The van der Waals surface area contributed by atoms with E-state index in [0.29, 0.717) is 13.0 Å². The van der Waals surface area contributed by atoms with Crippen LogP contribution in [0.1, 0.15) is 33.6 Å². The first-order valence-electron chi connectivity index (χ1n) is 6.22. The molecule has 1 unspecified atom stereocenters. The van der Waals surface area contributed by atoms with Crippen LogP contribution in [0.25, 0.3) is 0 Å². The van der Waals surface area contributed by atoms with Crippen molar-refractivity contribution in [1.82, 2.24) is 10.2 Å². The number of halogens is 3. The number of nitrogens with one attached hydrogen (secondary N) is 1.